The highest BCUT2D eigenvalue weighted by molar-refractivity contribution is 5.89. The Morgan fingerprint density at radius 1 is 1.35 bits per heavy atom. The lowest BCUT2D eigenvalue weighted by Crippen LogP contribution is -2.17. The highest BCUT2D eigenvalue weighted by Crippen LogP contribution is 2.12. The molecule has 0 aliphatic rings. The van der Waals surface area contributed by atoms with E-state index >= 15 is 0 Å². The second-order valence-electron chi connectivity index (χ2n) is 4.45. The standard InChI is InChI=1S/C15H22O2/c1-4-6-10-14(5-2)17-15(16)13-9-7-8-12(3)11-13/h7-9,11,14H,4-6,10H2,1-3H3. The molecule has 0 N–H and O–H groups in total. The van der Waals surface area contributed by atoms with Crippen LogP contribution in [-0.2, 0) is 4.74 Å². The van der Waals surface area contributed by atoms with Crippen LogP contribution < -0.4 is 0 Å². The fourth-order valence-corrected chi connectivity index (χ4v) is 1.77. The van der Waals surface area contributed by atoms with E-state index in [1.165, 1.54) is 0 Å². The summed E-state index contributed by atoms with van der Waals surface area (Å²) in [6.45, 7) is 6.18. The SMILES string of the molecule is CCCCC(CC)OC(=O)c1cccc(C)c1. The molecule has 1 aromatic carbocycles. The van der Waals surface area contributed by atoms with E-state index in [0.29, 0.717) is 5.56 Å². The lowest BCUT2D eigenvalue weighted by molar-refractivity contribution is 0.0268. The van der Waals surface area contributed by atoms with Crippen LogP contribution in [0.3, 0.4) is 0 Å². The van der Waals surface area contributed by atoms with E-state index < -0.39 is 0 Å². The minimum absolute atomic E-state index is 0.0583. The highest BCUT2D eigenvalue weighted by atomic mass is 16.5. The molecule has 0 saturated heterocycles. The van der Waals surface area contributed by atoms with E-state index in [9.17, 15) is 4.79 Å². The van der Waals surface area contributed by atoms with Gasteiger partial charge in [-0.3, -0.25) is 0 Å². The van der Waals surface area contributed by atoms with E-state index in [1.54, 1.807) is 0 Å². The van der Waals surface area contributed by atoms with Crippen molar-refractivity contribution in [3.63, 3.8) is 0 Å². The minimum atomic E-state index is -0.198. The van der Waals surface area contributed by atoms with Gasteiger partial charge in [-0.15, -0.1) is 0 Å². The second kappa shape index (κ2) is 7.10. The van der Waals surface area contributed by atoms with Gasteiger partial charge in [0, 0.05) is 0 Å². The normalized spacial score (nSPS) is 12.2. The second-order valence-corrected chi connectivity index (χ2v) is 4.45. The molecule has 0 aromatic heterocycles. The first-order chi connectivity index (χ1) is 8.17. The summed E-state index contributed by atoms with van der Waals surface area (Å²) in [5.74, 6) is -0.198. The molecule has 0 bridgehead atoms. The van der Waals surface area contributed by atoms with Crippen molar-refractivity contribution in [3.8, 4) is 0 Å². The summed E-state index contributed by atoms with van der Waals surface area (Å²) in [5.41, 5.74) is 1.74. The molecule has 1 rings (SSSR count). The van der Waals surface area contributed by atoms with Crippen LogP contribution in [0.4, 0.5) is 0 Å². The molecular weight excluding hydrogens is 212 g/mol. The van der Waals surface area contributed by atoms with Gasteiger partial charge in [0.1, 0.15) is 6.10 Å². The molecule has 0 radical (unpaired) electrons. The smallest absolute Gasteiger partial charge is 0.338 e. The molecule has 0 aliphatic carbocycles. The number of esters is 1. The number of hydrogen-bond donors (Lipinski definition) is 0. The summed E-state index contributed by atoms with van der Waals surface area (Å²) in [6, 6.07) is 7.54. The van der Waals surface area contributed by atoms with Crippen molar-refractivity contribution < 1.29 is 9.53 Å². The zero-order chi connectivity index (χ0) is 12.7. The quantitative estimate of drug-likeness (QED) is 0.692. The van der Waals surface area contributed by atoms with Crippen LogP contribution in [0.25, 0.3) is 0 Å². The molecule has 0 aliphatic heterocycles. The van der Waals surface area contributed by atoms with Crippen molar-refractivity contribution in [2.75, 3.05) is 0 Å². The molecule has 0 amide bonds. The lowest BCUT2D eigenvalue weighted by atomic mass is 10.1. The van der Waals surface area contributed by atoms with Gasteiger partial charge in [-0.05, 0) is 31.9 Å². The van der Waals surface area contributed by atoms with Crippen LogP contribution in [0, 0.1) is 6.92 Å². The Morgan fingerprint density at radius 3 is 2.71 bits per heavy atom. The first-order valence-electron chi connectivity index (χ1n) is 6.45. The van der Waals surface area contributed by atoms with E-state index in [1.807, 2.05) is 31.2 Å². The van der Waals surface area contributed by atoms with Crippen molar-refractivity contribution in [2.45, 2.75) is 52.6 Å². The molecule has 0 fully saturated rings. The molecular formula is C15H22O2. The van der Waals surface area contributed by atoms with E-state index in [0.717, 1.165) is 31.2 Å². The summed E-state index contributed by atoms with van der Waals surface area (Å²) >= 11 is 0. The number of hydrogen-bond acceptors (Lipinski definition) is 2. The maximum atomic E-state index is 11.9. The van der Waals surface area contributed by atoms with Crippen LogP contribution in [0.5, 0.6) is 0 Å². The molecule has 0 saturated carbocycles. The molecule has 1 atom stereocenters. The third-order valence-electron chi connectivity index (χ3n) is 2.86. The number of carbonyl (C=O) groups is 1. The predicted octanol–water partition coefficient (Wildman–Crippen LogP) is 4.12. The Kier molecular flexibility index (Phi) is 5.75. The van der Waals surface area contributed by atoms with Gasteiger partial charge in [-0.2, -0.15) is 0 Å². The molecule has 0 heterocycles. The average Bonchev–Trinajstić information content (AvgIpc) is 2.34. The molecule has 1 unspecified atom stereocenters. The Morgan fingerprint density at radius 2 is 2.12 bits per heavy atom. The van der Waals surface area contributed by atoms with Crippen LogP contribution in [0.15, 0.2) is 24.3 Å². The monoisotopic (exact) mass is 234 g/mol. The summed E-state index contributed by atoms with van der Waals surface area (Å²) in [4.78, 5) is 11.9. The van der Waals surface area contributed by atoms with Gasteiger partial charge in [-0.1, -0.05) is 44.4 Å². The number of unbranched alkanes of at least 4 members (excludes halogenated alkanes) is 1. The van der Waals surface area contributed by atoms with Crippen molar-refractivity contribution in [3.05, 3.63) is 35.4 Å². The molecule has 17 heavy (non-hydrogen) atoms. The summed E-state index contributed by atoms with van der Waals surface area (Å²) in [5, 5.41) is 0. The minimum Gasteiger partial charge on any atom is -0.459 e. The number of rotatable bonds is 6. The number of benzene rings is 1. The first kappa shape index (κ1) is 13.8. The number of carbonyl (C=O) groups excluding carboxylic acids is 1. The Bertz CT molecular complexity index is 358. The molecule has 0 spiro atoms. The lowest BCUT2D eigenvalue weighted by Gasteiger charge is -2.15. The predicted molar refractivity (Wildman–Crippen MR) is 70.2 cm³/mol. The van der Waals surface area contributed by atoms with Gasteiger partial charge in [0.05, 0.1) is 5.56 Å². The topological polar surface area (TPSA) is 26.3 Å². The van der Waals surface area contributed by atoms with Crippen molar-refractivity contribution in [1.82, 2.24) is 0 Å². The Hall–Kier alpha value is -1.31. The Labute approximate surface area is 104 Å². The van der Waals surface area contributed by atoms with E-state index in [4.69, 9.17) is 4.74 Å². The number of ether oxygens (including phenoxy) is 1. The third kappa shape index (κ3) is 4.59. The van der Waals surface area contributed by atoms with Crippen LogP contribution in [0.1, 0.15) is 55.5 Å². The van der Waals surface area contributed by atoms with Crippen molar-refractivity contribution >= 4 is 5.97 Å². The zero-order valence-electron chi connectivity index (χ0n) is 11.0. The largest absolute Gasteiger partial charge is 0.459 e. The van der Waals surface area contributed by atoms with Gasteiger partial charge in [-0.25, -0.2) is 4.79 Å². The molecule has 94 valence electrons. The zero-order valence-corrected chi connectivity index (χ0v) is 11.0. The number of aryl methyl sites for hydroxylation is 1. The maximum Gasteiger partial charge on any atom is 0.338 e. The van der Waals surface area contributed by atoms with Crippen LogP contribution >= 0.6 is 0 Å². The molecule has 1 aromatic rings. The first-order valence-corrected chi connectivity index (χ1v) is 6.45. The van der Waals surface area contributed by atoms with E-state index in [2.05, 4.69) is 13.8 Å². The third-order valence-corrected chi connectivity index (χ3v) is 2.86. The van der Waals surface area contributed by atoms with Gasteiger partial charge in [0.2, 0.25) is 0 Å². The summed E-state index contributed by atoms with van der Waals surface area (Å²) in [6.07, 6.45) is 4.16. The fraction of sp³-hybridized carbons (Fsp3) is 0.533. The van der Waals surface area contributed by atoms with Gasteiger partial charge < -0.3 is 4.74 Å². The summed E-state index contributed by atoms with van der Waals surface area (Å²) < 4.78 is 5.50. The highest BCUT2D eigenvalue weighted by Gasteiger charge is 2.13. The van der Waals surface area contributed by atoms with Crippen molar-refractivity contribution in [1.29, 1.82) is 0 Å². The Balaban J connectivity index is 2.58. The maximum absolute atomic E-state index is 11.9. The van der Waals surface area contributed by atoms with Gasteiger partial charge >= 0.3 is 5.97 Å². The van der Waals surface area contributed by atoms with Gasteiger partial charge in [0.15, 0.2) is 0 Å². The average molecular weight is 234 g/mol. The van der Waals surface area contributed by atoms with Crippen LogP contribution in [-0.4, -0.2) is 12.1 Å². The van der Waals surface area contributed by atoms with Gasteiger partial charge in [0.25, 0.3) is 0 Å². The van der Waals surface area contributed by atoms with Crippen molar-refractivity contribution in [2.24, 2.45) is 0 Å². The van der Waals surface area contributed by atoms with Crippen LogP contribution in [0.2, 0.25) is 0 Å². The van der Waals surface area contributed by atoms with E-state index in [-0.39, 0.29) is 12.1 Å². The summed E-state index contributed by atoms with van der Waals surface area (Å²) in [7, 11) is 0. The fourth-order valence-electron chi connectivity index (χ4n) is 1.77. The molecule has 2 heteroatoms. The molecule has 2 nitrogen and oxygen atoms in total.